The fourth-order valence-electron chi connectivity index (χ4n) is 1.58. The number of nitrogens with zero attached hydrogens (tertiary/aromatic N) is 3. The van der Waals surface area contributed by atoms with E-state index in [0.29, 0.717) is 0 Å². The van der Waals surface area contributed by atoms with Crippen molar-refractivity contribution in [1.29, 1.82) is 0 Å². The van der Waals surface area contributed by atoms with E-state index in [9.17, 15) is 0 Å². The average molecular weight is 273 g/mol. The molecule has 2 aromatic heterocycles. The molecule has 1 aromatic carbocycles. The fourth-order valence-corrected chi connectivity index (χ4v) is 1.81. The number of hydrogen-bond donors (Lipinski definition) is 0. The second kappa shape index (κ2) is 3.72. The summed E-state index contributed by atoms with van der Waals surface area (Å²) in [5, 5.41) is 0. The summed E-state index contributed by atoms with van der Waals surface area (Å²) in [5.41, 5.74) is 1.93. The van der Waals surface area contributed by atoms with Crippen LogP contribution < -0.4 is 0 Å². The lowest BCUT2D eigenvalue weighted by atomic mass is 10.3. The summed E-state index contributed by atoms with van der Waals surface area (Å²) in [6.07, 6.45) is 4.70. The van der Waals surface area contributed by atoms with E-state index in [1.807, 2.05) is 41.0 Å². The zero-order valence-corrected chi connectivity index (χ0v) is 9.85. The molecule has 0 saturated carbocycles. The SMILES string of the molecule is Brc1ccc(-n2[c]nc3ccccc32)nc1. The van der Waals surface area contributed by atoms with Crippen LogP contribution in [0.25, 0.3) is 16.9 Å². The van der Waals surface area contributed by atoms with Crippen LogP contribution in [0.5, 0.6) is 0 Å². The number of halogens is 1. The number of fused-ring (bicyclic) bond motifs is 1. The molecule has 0 saturated heterocycles. The molecule has 0 spiro atoms. The molecule has 16 heavy (non-hydrogen) atoms. The maximum absolute atomic E-state index is 4.32. The minimum Gasteiger partial charge on any atom is -0.274 e. The molecule has 0 bridgehead atoms. The Morgan fingerprint density at radius 3 is 2.81 bits per heavy atom. The topological polar surface area (TPSA) is 30.7 Å². The number of benzene rings is 1. The molecule has 0 N–H and O–H groups in total. The molecule has 0 fully saturated rings. The first kappa shape index (κ1) is 9.54. The molecule has 3 aromatic rings. The van der Waals surface area contributed by atoms with E-state index in [0.717, 1.165) is 21.3 Å². The van der Waals surface area contributed by atoms with Crippen LogP contribution in [0.4, 0.5) is 0 Å². The van der Waals surface area contributed by atoms with Crippen LogP contribution in [0.1, 0.15) is 0 Å². The van der Waals surface area contributed by atoms with Gasteiger partial charge in [-0.2, -0.15) is 0 Å². The van der Waals surface area contributed by atoms with E-state index in [2.05, 4.69) is 32.2 Å². The maximum Gasteiger partial charge on any atom is 0.183 e. The van der Waals surface area contributed by atoms with Gasteiger partial charge in [0.05, 0.1) is 11.0 Å². The van der Waals surface area contributed by atoms with Gasteiger partial charge in [-0.1, -0.05) is 12.1 Å². The molecule has 0 unspecified atom stereocenters. The van der Waals surface area contributed by atoms with Gasteiger partial charge in [-0.15, -0.1) is 0 Å². The van der Waals surface area contributed by atoms with Gasteiger partial charge in [0.2, 0.25) is 0 Å². The third kappa shape index (κ3) is 1.51. The Kier molecular flexibility index (Phi) is 2.22. The molecule has 77 valence electrons. The highest BCUT2D eigenvalue weighted by atomic mass is 79.9. The third-order valence-electron chi connectivity index (χ3n) is 2.33. The third-order valence-corrected chi connectivity index (χ3v) is 2.80. The van der Waals surface area contributed by atoms with Crippen LogP contribution in [0.2, 0.25) is 0 Å². The molecule has 2 heterocycles. The van der Waals surface area contributed by atoms with Crippen molar-refractivity contribution in [1.82, 2.24) is 14.5 Å². The zero-order chi connectivity index (χ0) is 11.0. The molecule has 0 atom stereocenters. The van der Waals surface area contributed by atoms with Crippen molar-refractivity contribution in [2.75, 3.05) is 0 Å². The summed E-state index contributed by atoms with van der Waals surface area (Å²) in [7, 11) is 0. The van der Waals surface area contributed by atoms with Crippen molar-refractivity contribution in [3.63, 3.8) is 0 Å². The summed E-state index contributed by atoms with van der Waals surface area (Å²) in [5.74, 6) is 0.817. The Bertz CT molecular complexity index is 628. The largest absolute Gasteiger partial charge is 0.274 e. The van der Waals surface area contributed by atoms with Crippen molar-refractivity contribution < 1.29 is 0 Å². The number of hydrogen-bond acceptors (Lipinski definition) is 2. The summed E-state index contributed by atoms with van der Waals surface area (Å²) in [6, 6.07) is 11.8. The first-order chi connectivity index (χ1) is 7.84. The van der Waals surface area contributed by atoms with E-state index < -0.39 is 0 Å². The molecular weight excluding hydrogens is 266 g/mol. The Morgan fingerprint density at radius 2 is 2.00 bits per heavy atom. The summed E-state index contributed by atoms with van der Waals surface area (Å²) >= 11 is 3.36. The van der Waals surface area contributed by atoms with Crippen LogP contribution in [0.15, 0.2) is 47.1 Å². The first-order valence-corrected chi connectivity index (χ1v) is 5.61. The van der Waals surface area contributed by atoms with Gasteiger partial charge in [-0.25, -0.2) is 9.97 Å². The Hall–Kier alpha value is -1.68. The number of para-hydroxylation sites is 2. The van der Waals surface area contributed by atoms with Crippen molar-refractivity contribution >= 4 is 27.0 Å². The van der Waals surface area contributed by atoms with E-state index >= 15 is 0 Å². The van der Waals surface area contributed by atoms with E-state index in [1.54, 1.807) is 6.20 Å². The van der Waals surface area contributed by atoms with E-state index in [1.165, 1.54) is 0 Å². The van der Waals surface area contributed by atoms with Gasteiger partial charge in [0, 0.05) is 10.7 Å². The monoisotopic (exact) mass is 272 g/mol. The normalized spacial score (nSPS) is 10.8. The molecule has 3 nitrogen and oxygen atoms in total. The van der Waals surface area contributed by atoms with Crippen molar-refractivity contribution in [3.05, 3.63) is 53.4 Å². The van der Waals surface area contributed by atoms with Gasteiger partial charge in [0.15, 0.2) is 6.33 Å². The Labute approximate surface area is 101 Å². The fraction of sp³-hybridized carbons (Fsp3) is 0. The first-order valence-electron chi connectivity index (χ1n) is 4.82. The Balaban J connectivity index is 2.22. The van der Waals surface area contributed by atoms with Crippen LogP contribution in [0, 0.1) is 6.33 Å². The molecule has 3 rings (SSSR count). The van der Waals surface area contributed by atoms with Crippen LogP contribution >= 0.6 is 15.9 Å². The average Bonchev–Trinajstić information content (AvgIpc) is 2.74. The molecule has 0 aliphatic heterocycles. The van der Waals surface area contributed by atoms with Gasteiger partial charge < -0.3 is 0 Å². The predicted octanol–water partition coefficient (Wildman–Crippen LogP) is 2.98. The molecule has 0 amide bonds. The number of rotatable bonds is 1. The highest BCUT2D eigenvalue weighted by Gasteiger charge is 2.04. The van der Waals surface area contributed by atoms with Crippen molar-refractivity contribution in [2.24, 2.45) is 0 Å². The van der Waals surface area contributed by atoms with Crippen LogP contribution in [-0.4, -0.2) is 14.5 Å². The minimum atomic E-state index is 0.817. The highest BCUT2D eigenvalue weighted by molar-refractivity contribution is 9.10. The minimum absolute atomic E-state index is 0.817. The second-order valence-electron chi connectivity index (χ2n) is 3.37. The summed E-state index contributed by atoms with van der Waals surface area (Å²) in [4.78, 5) is 8.52. The lowest BCUT2D eigenvalue weighted by molar-refractivity contribution is 1.01. The number of imidazole rings is 1. The van der Waals surface area contributed by atoms with E-state index in [-0.39, 0.29) is 0 Å². The van der Waals surface area contributed by atoms with Gasteiger partial charge in [0.25, 0.3) is 0 Å². The number of pyridine rings is 1. The molecule has 4 heteroatoms. The van der Waals surface area contributed by atoms with Gasteiger partial charge in [-0.3, -0.25) is 4.57 Å². The summed E-state index contributed by atoms with van der Waals surface area (Å²) < 4.78 is 2.81. The van der Waals surface area contributed by atoms with Gasteiger partial charge in [0.1, 0.15) is 5.82 Å². The van der Waals surface area contributed by atoms with Crippen LogP contribution in [-0.2, 0) is 0 Å². The molecule has 0 aliphatic carbocycles. The molecule has 0 aliphatic rings. The van der Waals surface area contributed by atoms with Crippen molar-refractivity contribution in [3.8, 4) is 5.82 Å². The second-order valence-corrected chi connectivity index (χ2v) is 4.29. The smallest absolute Gasteiger partial charge is 0.183 e. The standard InChI is InChI=1S/C12H7BrN3/c13-9-5-6-12(14-7-9)16-8-15-10-3-1-2-4-11(10)16/h1-7H. The molecule has 1 radical (unpaired) electrons. The predicted molar refractivity (Wildman–Crippen MR) is 65.4 cm³/mol. The van der Waals surface area contributed by atoms with Gasteiger partial charge in [-0.05, 0) is 40.2 Å². The lowest BCUT2D eigenvalue weighted by Crippen LogP contribution is -1.94. The van der Waals surface area contributed by atoms with Gasteiger partial charge >= 0.3 is 0 Å². The molecular formula is C12H7BrN3. The maximum atomic E-state index is 4.32. The van der Waals surface area contributed by atoms with Crippen molar-refractivity contribution in [2.45, 2.75) is 0 Å². The summed E-state index contributed by atoms with van der Waals surface area (Å²) in [6.45, 7) is 0. The highest BCUT2D eigenvalue weighted by Crippen LogP contribution is 2.17. The van der Waals surface area contributed by atoms with E-state index in [4.69, 9.17) is 0 Å². The number of aromatic nitrogens is 3. The lowest BCUT2D eigenvalue weighted by Gasteiger charge is -2.01. The Morgan fingerprint density at radius 1 is 1.12 bits per heavy atom. The van der Waals surface area contributed by atoms with Crippen LogP contribution in [0.3, 0.4) is 0 Å². The zero-order valence-electron chi connectivity index (χ0n) is 8.26. The quantitative estimate of drug-likeness (QED) is 0.682.